The second kappa shape index (κ2) is 5.42. The number of anilines is 1. The number of nitrogens with one attached hydrogen (secondary N) is 1. The van der Waals surface area contributed by atoms with Crippen LogP contribution in [0.25, 0.3) is 0 Å². The predicted octanol–water partition coefficient (Wildman–Crippen LogP) is 2.15. The Morgan fingerprint density at radius 1 is 1.41 bits per heavy atom. The van der Waals surface area contributed by atoms with Gasteiger partial charge in [-0.1, -0.05) is 30.3 Å². The zero-order valence-electron chi connectivity index (χ0n) is 11.5. The number of nitriles is 1. The molecule has 0 spiro atoms. The molecule has 2 aromatic rings. The minimum Gasteiger partial charge on any atom is -0.265 e. The molecule has 0 saturated carbocycles. The summed E-state index contributed by atoms with van der Waals surface area (Å²) >= 11 is 0. The first kappa shape index (κ1) is 14.5. The van der Waals surface area contributed by atoms with Crippen LogP contribution in [-0.2, 0) is 10.0 Å². The van der Waals surface area contributed by atoms with Gasteiger partial charge in [-0.25, -0.2) is 12.8 Å². The lowest BCUT2D eigenvalue weighted by atomic mass is 10.0. The van der Waals surface area contributed by atoms with Crippen molar-refractivity contribution >= 4 is 15.8 Å². The van der Waals surface area contributed by atoms with Crippen molar-refractivity contribution < 1.29 is 12.8 Å². The Balaban J connectivity index is 1.92. The highest BCUT2D eigenvalue weighted by atomic mass is 32.2. The number of hydrogen-bond donors (Lipinski definition) is 1. The fourth-order valence-corrected chi connectivity index (χ4v) is 3.25. The Morgan fingerprint density at radius 2 is 2.14 bits per heavy atom. The number of aromatic nitrogens is 2. The molecule has 3 rings (SSSR count). The maximum absolute atomic E-state index is 14.2. The van der Waals surface area contributed by atoms with Crippen molar-refractivity contribution in [2.45, 2.75) is 18.6 Å². The topological polar surface area (TPSA) is 87.8 Å². The monoisotopic (exact) mass is 320 g/mol. The van der Waals surface area contributed by atoms with E-state index in [1.54, 1.807) is 6.07 Å². The summed E-state index contributed by atoms with van der Waals surface area (Å²) in [4.78, 5) is 0. The van der Waals surface area contributed by atoms with Crippen LogP contribution >= 0.6 is 0 Å². The highest BCUT2D eigenvalue weighted by molar-refractivity contribution is 7.92. The molecule has 1 aliphatic heterocycles. The first-order valence-corrected chi connectivity index (χ1v) is 8.31. The summed E-state index contributed by atoms with van der Waals surface area (Å²) in [6.07, 6.45) is -0.927. The fraction of sp³-hybridized carbons (Fsp3) is 0.286. The number of benzene rings is 1. The van der Waals surface area contributed by atoms with E-state index < -0.39 is 21.9 Å². The minimum atomic E-state index is -3.78. The summed E-state index contributed by atoms with van der Waals surface area (Å²) in [5.74, 6) is -0.635. The molecule has 0 amide bonds. The van der Waals surface area contributed by atoms with Gasteiger partial charge in [0.05, 0.1) is 17.8 Å². The van der Waals surface area contributed by atoms with Gasteiger partial charge < -0.3 is 0 Å². The highest BCUT2D eigenvalue weighted by Gasteiger charge is 2.34. The zero-order valence-corrected chi connectivity index (χ0v) is 12.3. The molecule has 0 fully saturated rings. The average molecular weight is 320 g/mol. The summed E-state index contributed by atoms with van der Waals surface area (Å²) in [5, 5.41) is 12.6. The fourth-order valence-electron chi connectivity index (χ4n) is 2.59. The second-order valence-corrected chi connectivity index (χ2v) is 6.77. The molecule has 1 aromatic heterocycles. The molecule has 0 aliphatic carbocycles. The summed E-state index contributed by atoms with van der Waals surface area (Å²) in [7, 11) is -3.78. The number of sulfonamides is 1. The largest absolute Gasteiger partial charge is 0.265 e. The number of alkyl halides is 1. The molecular weight excluding hydrogens is 307 g/mol. The van der Waals surface area contributed by atoms with E-state index in [2.05, 4.69) is 9.82 Å². The summed E-state index contributed by atoms with van der Waals surface area (Å²) < 4.78 is 41.0. The molecule has 6 nitrogen and oxygen atoms in total. The third kappa shape index (κ3) is 2.67. The summed E-state index contributed by atoms with van der Waals surface area (Å²) in [6, 6.07) is 12.0. The van der Waals surface area contributed by atoms with Gasteiger partial charge >= 0.3 is 0 Å². The normalized spacial score (nSPS) is 20.4. The molecule has 0 bridgehead atoms. The quantitative estimate of drug-likeness (QED) is 0.935. The van der Waals surface area contributed by atoms with E-state index in [0.29, 0.717) is 5.69 Å². The number of fused-ring (bicyclic) bond motifs is 1. The molecule has 8 heteroatoms. The molecule has 1 aliphatic rings. The van der Waals surface area contributed by atoms with Gasteiger partial charge in [0.25, 0.3) is 0 Å². The Bertz CT molecular complexity index is 826. The minimum absolute atomic E-state index is 0.0357. The Morgan fingerprint density at radius 3 is 2.82 bits per heavy atom. The van der Waals surface area contributed by atoms with Gasteiger partial charge in [-0.15, -0.1) is 0 Å². The molecule has 114 valence electrons. The number of halogens is 1. The van der Waals surface area contributed by atoms with Crippen molar-refractivity contribution in [2.75, 3.05) is 10.5 Å². The smallest absolute Gasteiger partial charge is 0.247 e. The molecule has 2 heterocycles. The summed E-state index contributed by atoms with van der Waals surface area (Å²) in [6.45, 7) is 0. The van der Waals surface area contributed by atoms with Crippen molar-refractivity contribution in [3.63, 3.8) is 0 Å². The van der Waals surface area contributed by atoms with Crippen LogP contribution in [0, 0.1) is 11.3 Å². The molecule has 1 aromatic carbocycles. The Labute approximate surface area is 127 Å². The SMILES string of the molecule is N#CCS(=O)(=O)Nc1cc2n(n1)[C@H](c1ccccc1)C[C@@H]2F. The predicted molar refractivity (Wildman–Crippen MR) is 78.3 cm³/mol. The summed E-state index contributed by atoms with van der Waals surface area (Å²) in [5.41, 5.74) is 1.25. The van der Waals surface area contributed by atoms with E-state index in [4.69, 9.17) is 5.26 Å². The number of hydrogen-bond acceptors (Lipinski definition) is 4. The molecule has 0 unspecified atom stereocenters. The average Bonchev–Trinajstić information content (AvgIpc) is 2.99. The van der Waals surface area contributed by atoms with Gasteiger partial charge in [-0.2, -0.15) is 10.4 Å². The number of rotatable bonds is 4. The first-order chi connectivity index (χ1) is 10.5. The first-order valence-electron chi connectivity index (χ1n) is 6.66. The lowest BCUT2D eigenvalue weighted by Crippen LogP contribution is -2.16. The van der Waals surface area contributed by atoms with E-state index in [1.165, 1.54) is 10.7 Å². The molecule has 2 atom stereocenters. The van der Waals surface area contributed by atoms with Gasteiger partial charge in [-0.3, -0.25) is 9.40 Å². The zero-order chi connectivity index (χ0) is 15.7. The van der Waals surface area contributed by atoms with Crippen molar-refractivity contribution in [1.82, 2.24) is 9.78 Å². The van der Waals surface area contributed by atoms with Crippen LogP contribution in [-0.4, -0.2) is 24.0 Å². The van der Waals surface area contributed by atoms with Crippen LogP contribution in [0.4, 0.5) is 10.2 Å². The van der Waals surface area contributed by atoms with Gasteiger partial charge in [0, 0.05) is 12.5 Å². The maximum Gasteiger partial charge on any atom is 0.247 e. The van der Waals surface area contributed by atoms with E-state index in [0.717, 1.165) is 5.56 Å². The van der Waals surface area contributed by atoms with Crippen LogP contribution in [0.2, 0.25) is 0 Å². The second-order valence-electron chi connectivity index (χ2n) is 5.05. The lowest BCUT2D eigenvalue weighted by Gasteiger charge is -2.12. The standard InChI is InChI=1S/C14H13FN4O2S/c15-11-8-12(10-4-2-1-3-5-10)19-13(11)9-14(17-19)18-22(20,21)7-6-16/h1-5,9,11-12H,7-8H2,(H,17,18)/t11-,12-/m0/s1. The Kier molecular flexibility index (Phi) is 3.58. The van der Waals surface area contributed by atoms with Gasteiger partial charge in [0.1, 0.15) is 6.17 Å². The highest BCUT2D eigenvalue weighted by Crippen LogP contribution is 2.41. The van der Waals surface area contributed by atoms with Crippen LogP contribution in [0.1, 0.15) is 29.9 Å². The van der Waals surface area contributed by atoms with Gasteiger partial charge in [-0.05, 0) is 5.56 Å². The molecule has 0 radical (unpaired) electrons. The van der Waals surface area contributed by atoms with Crippen LogP contribution < -0.4 is 4.72 Å². The van der Waals surface area contributed by atoms with Gasteiger partial charge in [0.2, 0.25) is 10.0 Å². The molecule has 1 N–H and O–H groups in total. The number of nitrogens with zero attached hydrogens (tertiary/aromatic N) is 3. The molecular formula is C14H13FN4O2S. The Hall–Kier alpha value is -2.40. The van der Waals surface area contributed by atoms with Crippen molar-refractivity contribution in [1.29, 1.82) is 5.26 Å². The third-order valence-corrected chi connectivity index (χ3v) is 4.54. The van der Waals surface area contributed by atoms with Crippen LogP contribution in [0.3, 0.4) is 0 Å². The van der Waals surface area contributed by atoms with E-state index in [1.807, 2.05) is 30.3 Å². The molecule has 0 saturated heterocycles. The maximum atomic E-state index is 14.2. The van der Waals surface area contributed by atoms with Crippen molar-refractivity contribution in [3.8, 4) is 6.07 Å². The molecule has 22 heavy (non-hydrogen) atoms. The van der Waals surface area contributed by atoms with E-state index in [9.17, 15) is 12.8 Å². The van der Waals surface area contributed by atoms with E-state index in [-0.39, 0.29) is 18.3 Å². The van der Waals surface area contributed by atoms with E-state index >= 15 is 0 Å². The lowest BCUT2D eigenvalue weighted by molar-refractivity contribution is 0.334. The third-order valence-electron chi connectivity index (χ3n) is 3.51. The van der Waals surface area contributed by atoms with Gasteiger partial charge in [0.15, 0.2) is 11.6 Å². The van der Waals surface area contributed by atoms with Crippen LogP contribution in [0.15, 0.2) is 36.4 Å². The van der Waals surface area contributed by atoms with Crippen molar-refractivity contribution in [3.05, 3.63) is 47.7 Å². The van der Waals surface area contributed by atoms with Crippen LogP contribution in [0.5, 0.6) is 0 Å². The van der Waals surface area contributed by atoms with Crippen molar-refractivity contribution in [2.24, 2.45) is 0 Å².